The van der Waals surface area contributed by atoms with Crippen molar-refractivity contribution in [3.63, 3.8) is 0 Å². The molecular formula is C18H15ClN2O2. The molecule has 23 heavy (non-hydrogen) atoms. The van der Waals surface area contributed by atoms with Gasteiger partial charge in [0.2, 0.25) is 0 Å². The van der Waals surface area contributed by atoms with E-state index in [0.717, 1.165) is 16.2 Å². The van der Waals surface area contributed by atoms with Crippen molar-refractivity contribution in [2.45, 2.75) is 6.92 Å². The Balaban J connectivity index is 1.98. The first kappa shape index (κ1) is 15.3. The van der Waals surface area contributed by atoms with Crippen molar-refractivity contribution in [2.24, 2.45) is 0 Å². The predicted molar refractivity (Wildman–Crippen MR) is 91.4 cm³/mol. The minimum Gasteiger partial charge on any atom is -0.339 e. The van der Waals surface area contributed by atoms with Crippen LogP contribution in [0.1, 0.15) is 5.56 Å². The summed E-state index contributed by atoms with van der Waals surface area (Å²) < 4.78 is 0. The van der Waals surface area contributed by atoms with Crippen molar-refractivity contribution >= 4 is 34.8 Å². The van der Waals surface area contributed by atoms with Crippen LogP contribution >= 0.6 is 11.6 Å². The largest absolute Gasteiger partial charge is 0.339 e. The van der Waals surface area contributed by atoms with Crippen LogP contribution in [0.25, 0.3) is 0 Å². The third-order valence-corrected chi connectivity index (χ3v) is 4.12. The van der Waals surface area contributed by atoms with Crippen molar-refractivity contribution in [1.29, 1.82) is 0 Å². The summed E-state index contributed by atoms with van der Waals surface area (Å²) in [6, 6.07) is 16.5. The maximum absolute atomic E-state index is 12.7. The summed E-state index contributed by atoms with van der Waals surface area (Å²) in [5.41, 5.74) is 2.53. The third kappa shape index (κ3) is 2.62. The molecule has 0 spiro atoms. The number of amides is 2. The highest BCUT2D eigenvalue weighted by Crippen LogP contribution is 2.32. The number of carbonyl (C=O) groups excluding carboxylic acids is 2. The van der Waals surface area contributed by atoms with Gasteiger partial charge in [-0.15, -0.1) is 0 Å². The second kappa shape index (κ2) is 5.89. The second-order valence-electron chi connectivity index (χ2n) is 5.34. The van der Waals surface area contributed by atoms with E-state index in [2.05, 4.69) is 0 Å². The number of imide groups is 1. The summed E-state index contributed by atoms with van der Waals surface area (Å²) in [6.07, 6.45) is 0. The van der Waals surface area contributed by atoms with Gasteiger partial charge in [0.05, 0.1) is 5.69 Å². The van der Waals surface area contributed by atoms with Crippen LogP contribution in [0.2, 0.25) is 0 Å². The van der Waals surface area contributed by atoms with E-state index in [4.69, 9.17) is 11.6 Å². The van der Waals surface area contributed by atoms with Gasteiger partial charge in [-0.05, 0) is 31.2 Å². The number of anilines is 2. The molecule has 1 aliphatic rings. The molecule has 0 N–H and O–H groups in total. The number of hydrogen-bond donors (Lipinski definition) is 0. The van der Waals surface area contributed by atoms with Crippen molar-refractivity contribution in [1.82, 2.24) is 0 Å². The van der Waals surface area contributed by atoms with Crippen LogP contribution < -0.4 is 9.80 Å². The summed E-state index contributed by atoms with van der Waals surface area (Å²) in [5.74, 6) is -0.923. The van der Waals surface area contributed by atoms with Crippen LogP contribution in [0.15, 0.2) is 65.3 Å². The van der Waals surface area contributed by atoms with E-state index in [-0.39, 0.29) is 10.7 Å². The van der Waals surface area contributed by atoms with Crippen molar-refractivity contribution in [2.75, 3.05) is 16.8 Å². The summed E-state index contributed by atoms with van der Waals surface area (Å²) in [4.78, 5) is 27.9. The molecule has 0 atom stereocenters. The number of para-hydroxylation sites is 1. The normalized spacial score (nSPS) is 14.7. The zero-order valence-electron chi connectivity index (χ0n) is 12.8. The van der Waals surface area contributed by atoms with Crippen LogP contribution in [0.3, 0.4) is 0 Å². The Hall–Kier alpha value is -2.59. The van der Waals surface area contributed by atoms with E-state index in [1.165, 1.54) is 0 Å². The number of carbonyl (C=O) groups is 2. The molecule has 1 aliphatic heterocycles. The van der Waals surface area contributed by atoms with E-state index in [1.807, 2.05) is 49.4 Å². The number of rotatable bonds is 3. The van der Waals surface area contributed by atoms with E-state index >= 15 is 0 Å². The zero-order chi connectivity index (χ0) is 16.6. The highest BCUT2D eigenvalue weighted by Gasteiger charge is 2.40. The number of halogens is 1. The van der Waals surface area contributed by atoms with Crippen LogP contribution in [-0.2, 0) is 9.59 Å². The molecular weight excluding hydrogens is 312 g/mol. The van der Waals surface area contributed by atoms with Gasteiger partial charge in [-0.1, -0.05) is 47.5 Å². The van der Waals surface area contributed by atoms with E-state index in [1.54, 1.807) is 24.1 Å². The molecule has 116 valence electrons. The Morgan fingerprint density at radius 1 is 0.913 bits per heavy atom. The third-order valence-electron chi connectivity index (χ3n) is 3.78. The molecule has 0 saturated heterocycles. The van der Waals surface area contributed by atoms with Gasteiger partial charge < -0.3 is 4.90 Å². The second-order valence-corrected chi connectivity index (χ2v) is 5.72. The molecule has 0 unspecified atom stereocenters. The lowest BCUT2D eigenvalue weighted by atomic mass is 10.2. The molecule has 2 aromatic carbocycles. The molecule has 3 rings (SSSR count). The number of likely N-dealkylation sites (N-methyl/N-ethyl adjacent to an activating group) is 1. The first-order valence-electron chi connectivity index (χ1n) is 7.14. The highest BCUT2D eigenvalue weighted by molar-refractivity contribution is 6.53. The van der Waals surface area contributed by atoms with Crippen LogP contribution in [0, 0.1) is 6.92 Å². The van der Waals surface area contributed by atoms with Gasteiger partial charge >= 0.3 is 0 Å². The molecule has 5 heteroatoms. The first-order valence-corrected chi connectivity index (χ1v) is 7.52. The SMILES string of the molecule is Cc1ccc(N2C(=O)C(Cl)=C(N(C)c3ccccc3)C2=O)cc1. The summed E-state index contributed by atoms with van der Waals surface area (Å²) in [6.45, 7) is 1.94. The maximum Gasteiger partial charge on any atom is 0.283 e. The quantitative estimate of drug-likeness (QED) is 0.811. The number of aryl methyl sites for hydroxylation is 1. The van der Waals surface area contributed by atoms with Crippen LogP contribution in [-0.4, -0.2) is 18.9 Å². The van der Waals surface area contributed by atoms with Gasteiger partial charge in [-0.2, -0.15) is 0 Å². The van der Waals surface area contributed by atoms with Crippen LogP contribution in [0.5, 0.6) is 0 Å². The smallest absolute Gasteiger partial charge is 0.283 e. The molecule has 0 aliphatic carbocycles. The number of benzene rings is 2. The molecule has 2 aromatic rings. The minimum atomic E-state index is -0.502. The van der Waals surface area contributed by atoms with Gasteiger partial charge in [0, 0.05) is 12.7 Å². The Morgan fingerprint density at radius 2 is 1.52 bits per heavy atom. The van der Waals surface area contributed by atoms with Crippen molar-refractivity contribution < 1.29 is 9.59 Å². The topological polar surface area (TPSA) is 40.6 Å². The Morgan fingerprint density at radius 3 is 2.13 bits per heavy atom. The van der Waals surface area contributed by atoms with Crippen molar-refractivity contribution in [3.05, 3.63) is 70.9 Å². The lowest BCUT2D eigenvalue weighted by molar-refractivity contribution is -0.120. The highest BCUT2D eigenvalue weighted by atomic mass is 35.5. The molecule has 4 nitrogen and oxygen atoms in total. The van der Waals surface area contributed by atoms with Gasteiger partial charge in [-0.3, -0.25) is 9.59 Å². The molecule has 0 radical (unpaired) electrons. The Bertz CT molecular complexity index is 798. The fourth-order valence-electron chi connectivity index (χ4n) is 2.49. The Labute approximate surface area is 139 Å². The van der Waals surface area contributed by atoms with Gasteiger partial charge in [0.25, 0.3) is 11.8 Å². The fourth-order valence-corrected chi connectivity index (χ4v) is 2.78. The van der Waals surface area contributed by atoms with E-state index < -0.39 is 11.8 Å². The molecule has 1 heterocycles. The summed E-state index contributed by atoms with van der Waals surface area (Å²) in [7, 11) is 1.72. The van der Waals surface area contributed by atoms with Crippen molar-refractivity contribution in [3.8, 4) is 0 Å². The monoisotopic (exact) mass is 326 g/mol. The van der Waals surface area contributed by atoms with E-state index in [0.29, 0.717) is 5.69 Å². The van der Waals surface area contributed by atoms with Gasteiger partial charge in [-0.25, -0.2) is 4.90 Å². The van der Waals surface area contributed by atoms with Crippen LogP contribution in [0.4, 0.5) is 11.4 Å². The van der Waals surface area contributed by atoms with Gasteiger partial charge in [0.1, 0.15) is 10.7 Å². The molecule has 0 fully saturated rings. The number of hydrogen-bond acceptors (Lipinski definition) is 3. The average Bonchev–Trinajstić information content (AvgIpc) is 2.78. The molecule has 2 amide bonds. The van der Waals surface area contributed by atoms with E-state index in [9.17, 15) is 9.59 Å². The first-order chi connectivity index (χ1) is 11.0. The molecule has 0 saturated carbocycles. The Kier molecular flexibility index (Phi) is 3.92. The molecule has 0 bridgehead atoms. The summed E-state index contributed by atoms with van der Waals surface area (Å²) in [5, 5.41) is -0.0677. The lowest BCUT2D eigenvalue weighted by Gasteiger charge is -2.21. The molecule has 0 aromatic heterocycles. The standard InChI is InChI=1S/C18H15ClN2O2/c1-12-8-10-14(11-9-12)21-17(22)15(19)16(18(21)23)20(2)13-6-4-3-5-7-13/h3-11H,1-2H3. The average molecular weight is 327 g/mol. The maximum atomic E-state index is 12.7. The predicted octanol–water partition coefficient (Wildman–Crippen LogP) is 3.46. The zero-order valence-corrected chi connectivity index (χ0v) is 13.5. The minimum absolute atomic E-state index is 0.0677. The number of nitrogens with zero attached hydrogens (tertiary/aromatic N) is 2. The summed E-state index contributed by atoms with van der Waals surface area (Å²) >= 11 is 6.17. The van der Waals surface area contributed by atoms with Gasteiger partial charge in [0.15, 0.2) is 0 Å². The lowest BCUT2D eigenvalue weighted by Crippen LogP contribution is -2.34. The fraction of sp³-hybridized carbons (Fsp3) is 0.111.